The molecule has 4 nitrogen and oxygen atoms in total. The van der Waals surface area contributed by atoms with Gasteiger partial charge in [-0.05, 0) is 17.7 Å². The largest absolute Gasteiger partial charge is 0.368 e. The van der Waals surface area contributed by atoms with Crippen LogP contribution in [0.15, 0.2) is 18.2 Å². The van der Waals surface area contributed by atoms with Crippen LogP contribution in [0.5, 0.6) is 0 Å². The van der Waals surface area contributed by atoms with Crippen molar-refractivity contribution < 1.29 is 9.59 Å². The van der Waals surface area contributed by atoms with Crippen LogP contribution >= 0.6 is 23.2 Å². The van der Waals surface area contributed by atoms with Crippen LogP contribution in [0.2, 0.25) is 10.0 Å². The molecule has 0 aliphatic carbocycles. The number of hydrogen-bond acceptors (Lipinski definition) is 2. The van der Waals surface area contributed by atoms with Crippen molar-refractivity contribution in [1.82, 2.24) is 5.32 Å². The monoisotopic (exact) mass is 274 g/mol. The number of primary amides is 1. The molecule has 0 radical (unpaired) electrons. The van der Waals surface area contributed by atoms with Gasteiger partial charge in [0.2, 0.25) is 11.8 Å². The average Bonchev–Trinajstić information content (AvgIpc) is 2.19. The standard InChI is InChI=1S/C11H12Cl2N2O2/c1-6(16)15-10(11(14)17)4-7-2-3-8(12)5-9(7)13/h2-3,5,10H,4H2,1H3,(H2,14,17)(H,15,16)/t10-/m1/s1. The number of nitrogens with two attached hydrogens (primary N) is 1. The molecular formula is C11H12Cl2N2O2. The second kappa shape index (κ2) is 5.89. The maximum atomic E-state index is 11.2. The van der Waals surface area contributed by atoms with Crippen LogP contribution in [-0.4, -0.2) is 17.9 Å². The van der Waals surface area contributed by atoms with Crippen molar-refractivity contribution in [2.45, 2.75) is 19.4 Å². The van der Waals surface area contributed by atoms with Gasteiger partial charge >= 0.3 is 0 Å². The number of rotatable bonds is 4. The molecule has 0 fully saturated rings. The van der Waals surface area contributed by atoms with Crippen molar-refractivity contribution in [1.29, 1.82) is 0 Å². The van der Waals surface area contributed by atoms with Crippen molar-refractivity contribution in [3.63, 3.8) is 0 Å². The van der Waals surface area contributed by atoms with Gasteiger partial charge in [0, 0.05) is 23.4 Å². The fraction of sp³-hybridized carbons (Fsp3) is 0.273. The van der Waals surface area contributed by atoms with Crippen molar-refractivity contribution in [2.24, 2.45) is 5.73 Å². The highest BCUT2D eigenvalue weighted by atomic mass is 35.5. The van der Waals surface area contributed by atoms with E-state index in [2.05, 4.69) is 5.32 Å². The Morgan fingerprint density at radius 3 is 2.53 bits per heavy atom. The number of hydrogen-bond donors (Lipinski definition) is 2. The highest BCUT2D eigenvalue weighted by molar-refractivity contribution is 6.35. The minimum Gasteiger partial charge on any atom is -0.368 e. The summed E-state index contributed by atoms with van der Waals surface area (Å²) < 4.78 is 0. The Morgan fingerprint density at radius 2 is 2.06 bits per heavy atom. The number of carbonyl (C=O) groups excluding carboxylic acids is 2. The van der Waals surface area contributed by atoms with E-state index in [-0.39, 0.29) is 12.3 Å². The molecule has 0 saturated carbocycles. The minimum absolute atomic E-state index is 0.241. The van der Waals surface area contributed by atoms with Gasteiger partial charge in [-0.15, -0.1) is 0 Å². The van der Waals surface area contributed by atoms with Gasteiger partial charge in [-0.1, -0.05) is 29.3 Å². The first-order chi connectivity index (χ1) is 7.90. The summed E-state index contributed by atoms with van der Waals surface area (Å²) in [5.41, 5.74) is 5.89. The van der Waals surface area contributed by atoms with Crippen LogP contribution in [0, 0.1) is 0 Å². The molecule has 0 aliphatic heterocycles. The molecule has 17 heavy (non-hydrogen) atoms. The highest BCUT2D eigenvalue weighted by Gasteiger charge is 2.18. The second-order valence-corrected chi connectivity index (χ2v) is 4.44. The van der Waals surface area contributed by atoms with Crippen molar-refractivity contribution >= 4 is 35.0 Å². The topological polar surface area (TPSA) is 72.2 Å². The minimum atomic E-state index is -0.772. The summed E-state index contributed by atoms with van der Waals surface area (Å²) in [5, 5.41) is 3.41. The number of benzene rings is 1. The van der Waals surface area contributed by atoms with E-state index >= 15 is 0 Å². The van der Waals surface area contributed by atoms with E-state index in [1.54, 1.807) is 18.2 Å². The lowest BCUT2D eigenvalue weighted by atomic mass is 10.1. The smallest absolute Gasteiger partial charge is 0.240 e. The SMILES string of the molecule is CC(=O)N[C@H](Cc1ccc(Cl)cc1Cl)C(N)=O. The van der Waals surface area contributed by atoms with E-state index in [0.29, 0.717) is 15.6 Å². The molecule has 0 aliphatic rings. The van der Waals surface area contributed by atoms with E-state index in [1.807, 2.05) is 0 Å². The molecule has 0 spiro atoms. The number of nitrogens with one attached hydrogen (secondary N) is 1. The molecule has 1 aromatic rings. The summed E-state index contributed by atoms with van der Waals surface area (Å²) in [6, 6.07) is 4.16. The van der Waals surface area contributed by atoms with Gasteiger partial charge in [-0.3, -0.25) is 9.59 Å². The third kappa shape index (κ3) is 4.24. The Balaban J connectivity index is 2.86. The second-order valence-electron chi connectivity index (χ2n) is 3.60. The lowest BCUT2D eigenvalue weighted by Crippen LogP contribution is -2.45. The first-order valence-electron chi connectivity index (χ1n) is 4.90. The predicted molar refractivity (Wildman–Crippen MR) is 67.0 cm³/mol. The molecule has 1 atom stereocenters. The third-order valence-electron chi connectivity index (χ3n) is 2.16. The van der Waals surface area contributed by atoms with Gasteiger partial charge < -0.3 is 11.1 Å². The molecule has 92 valence electrons. The fourth-order valence-corrected chi connectivity index (χ4v) is 1.86. The molecule has 0 saturated heterocycles. The summed E-state index contributed by atoms with van der Waals surface area (Å²) in [7, 11) is 0. The van der Waals surface area contributed by atoms with Crippen LogP contribution in [0.3, 0.4) is 0 Å². The Hall–Kier alpha value is -1.26. The van der Waals surface area contributed by atoms with E-state index in [0.717, 1.165) is 0 Å². The molecule has 6 heteroatoms. The van der Waals surface area contributed by atoms with Gasteiger partial charge in [-0.2, -0.15) is 0 Å². The first kappa shape index (κ1) is 13.8. The quantitative estimate of drug-likeness (QED) is 0.874. The number of amides is 2. The molecule has 0 aromatic heterocycles. The predicted octanol–water partition coefficient (Wildman–Crippen LogP) is 1.53. The maximum absolute atomic E-state index is 11.2. The van der Waals surface area contributed by atoms with Crippen LogP contribution in [-0.2, 0) is 16.0 Å². The lowest BCUT2D eigenvalue weighted by Gasteiger charge is -2.15. The summed E-state index contributed by atoms with van der Waals surface area (Å²) in [5.74, 6) is -0.926. The lowest BCUT2D eigenvalue weighted by molar-refractivity contribution is -0.126. The zero-order valence-corrected chi connectivity index (χ0v) is 10.7. The molecule has 1 aromatic carbocycles. The zero-order valence-electron chi connectivity index (χ0n) is 9.17. The third-order valence-corrected chi connectivity index (χ3v) is 2.75. The molecule has 2 amide bonds. The van der Waals surface area contributed by atoms with Crippen LogP contribution in [0.1, 0.15) is 12.5 Å². The van der Waals surface area contributed by atoms with Gasteiger partial charge in [0.15, 0.2) is 0 Å². The van der Waals surface area contributed by atoms with Gasteiger partial charge in [0.05, 0.1) is 0 Å². The van der Waals surface area contributed by atoms with Crippen molar-refractivity contribution in [3.8, 4) is 0 Å². The normalized spacial score (nSPS) is 11.9. The summed E-state index contributed by atoms with van der Waals surface area (Å²) in [6.07, 6.45) is 0.241. The fourth-order valence-electron chi connectivity index (χ4n) is 1.38. The first-order valence-corrected chi connectivity index (χ1v) is 5.66. The average molecular weight is 275 g/mol. The van der Waals surface area contributed by atoms with Crippen LogP contribution in [0.4, 0.5) is 0 Å². The molecule has 0 heterocycles. The van der Waals surface area contributed by atoms with Gasteiger partial charge in [0.1, 0.15) is 6.04 Å². The van der Waals surface area contributed by atoms with Crippen LogP contribution in [0.25, 0.3) is 0 Å². The summed E-state index contributed by atoms with van der Waals surface area (Å²) in [6.45, 7) is 1.32. The number of halogens is 2. The molecular weight excluding hydrogens is 263 g/mol. The molecule has 3 N–H and O–H groups in total. The van der Waals surface area contributed by atoms with E-state index < -0.39 is 11.9 Å². The van der Waals surface area contributed by atoms with E-state index in [9.17, 15) is 9.59 Å². The molecule has 0 unspecified atom stereocenters. The van der Waals surface area contributed by atoms with Crippen LogP contribution < -0.4 is 11.1 Å². The van der Waals surface area contributed by atoms with E-state index in [1.165, 1.54) is 6.92 Å². The summed E-state index contributed by atoms with van der Waals surface area (Å²) in [4.78, 5) is 22.1. The van der Waals surface area contributed by atoms with Crippen molar-refractivity contribution in [3.05, 3.63) is 33.8 Å². The maximum Gasteiger partial charge on any atom is 0.240 e. The van der Waals surface area contributed by atoms with Crippen molar-refractivity contribution in [2.75, 3.05) is 0 Å². The Morgan fingerprint density at radius 1 is 1.41 bits per heavy atom. The van der Waals surface area contributed by atoms with E-state index in [4.69, 9.17) is 28.9 Å². The molecule has 0 bridgehead atoms. The molecule has 1 rings (SSSR count). The highest BCUT2D eigenvalue weighted by Crippen LogP contribution is 2.22. The Bertz CT molecular complexity index is 449. The summed E-state index contributed by atoms with van der Waals surface area (Å²) >= 11 is 11.7. The Kier molecular flexibility index (Phi) is 4.78. The zero-order chi connectivity index (χ0) is 13.0. The van der Waals surface area contributed by atoms with Gasteiger partial charge in [0.25, 0.3) is 0 Å². The van der Waals surface area contributed by atoms with Gasteiger partial charge in [-0.25, -0.2) is 0 Å². The Labute approximate surface area is 109 Å². The number of carbonyl (C=O) groups is 2.